The Labute approximate surface area is 311 Å². The largest absolute Gasteiger partial charge is 0.507 e. The molecule has 0 fully saturated rings. The highest BCUT2D eigenvalue weighted by Crippen LogP contribution is 2.31. The van der Waals surface area contributed by atoms with Gasteiger partial charge >= 0.3 is 0 Å². The van der Waals surface area contributed by atoms with Crippen LogP contribution in [-0.4, -0.2) is 108 Å². The van der Waals surface area contributed by atoms with Gasteiger partial charge in [0, 0.05) is 39.3 Å². The van der Waals surface area contributed by atoms with Crippen LogP contribution in [0.25, 0.3) is 0 Å². The second-order valence-corrected chi connectivity index (χ2v) is 12.5. The van der Waals surface area contributed by atoms with Crippen molar-refractivity contribution in [1.29, 1.82) is 0 Å². The first-order valence-electron chi connectivity index (χ1n) is 17.3. The van der Waals surface area contributed by atoms with Crippen molar-refractivity contribution in [2.75, 3.05) is 39.3 Å². The molecule has 4 aromatic carbocycles. The number of benzene rings is 4. The summed E-state index contributed by atoms with van der Waals surface area (Å²) < 4.78 is 0. The van der Waals surface area contributed by atoms with E-state index in [2.05, 4.69) is 10.6 Å². The zero-order chi connectivity index (χ0) is 39.4. The lowest BCUT2D eigenvalue weighted by Gasteiger charge is -2.26. The topological polar surface area (TPSA) is 240 Å². The predicted octanol–water partition coefficient (Wildman–Crippen LogP) is 3.94. The lowest BCUT2D eigenvalue weighted by Crippen LogP contribution is -2.37. The van der Waals surface area contributed by atoms with E-state index >= 15 is 0 Å². The Morgan fingerprint density at radius 1 is 0.463 bits per heavy atom. The summed E-state index contributed by atoms with van der Waals surface area (Å²) in [4.78, 5) is 55.2. The molecule has 0 aliphatic heterocycles. The molecule has 0 aliphatic rings. The number of unbranched alkanes of at least 4 members (excludes halogenated alkanes) is 1. The van der Waals surface area contributed by atoms with Crippen LogP contribution in [0.2, 0.25) is 0 Å². The summed E-state index contributed by atoms with van der Waals surface area (Å²) in [5, 5.41) is 76.1. The van der Waals surface area contributed by atoms with Gasteiger partial charge in [0.15, 0.2) is 34.5 Å². The second-order valence-electron chi connectivity index (χ2n) is 12.5. The third-order valence-corrected chi connectivity index (χ3v) is 8.69. The molecule has 4 amide bonds. The molecular weight excluding hydrogens is 700 g/mol. The maximum Gasteiger partial charge on any atom is 0.257 e. The normalized spacial score (nSPS) is 10.8. The SMILES string of the molecule is Cc1cccc(C(=O)NCCCN(CCCCN(CCCNC(=O)c2cccc(O)c2O)C(=O)c2cccc(O)c2O)C(=O)c2cccc(O)c2O)c1O. The molecule has 15 nitrogen and oxygen atoms in total. The van der Waals surface area contributed by atoms with E-state index in [0.717, 1.165) is 0 Å². The van der Waals surface area contributed by atoms with Gasteiger partial charge in [-0.15, -0.1) is 0 Å². The molecule has 0 atom stereocenters. The number of aryl methyl sites for hydroxylation is 1. The molecule has 0 unspecified atom stereocenters. The standard InChI is InChI=1S/C39H44N4O11/c1-24-10-4-11-25(32(24)47)36(51)40-18-8-22-42(38(53)27-13-6-16-30(45)34(27)49)20-2-3-21-43(39(54)28-14-7-17-31(46)35(28)50)23-9-19-41-37(52)26-12-5-15-29(44)33(26)48/h4-7,10-17,44-50H,2-3,8-9,18-23H2,1H3,(H,40,51)(H,41,52). The minimum atomic E-state index is -0.637. The number of phenols is 7. The lowest BCUT2D eigenvalue weighted by molar-refractivity contribution is 0.0714. The molecule has 4 aromatic rings. The van der Waals surface area contributed by atoms with Gasteiger partial charge in [-0.05, 0) is 80.6 Å². The molecule has 0 saturated heterocycles. The van der Waals surface area contributed by atoms with Gasteiger partial charge < -0.3 is 56.2 Å². The average Bonchev–Trinajstić information content (AvgIpc) is 3.15. The van der Waals surface area contributed by atoms with E-state index in [4.69, 9.17) is 0 Å². The molecule has 15 heteroatoms. The summed E-state index contributed by atoms with van der Waals surface area (Å²) in [5.41, 5.74) is 0.270. The quantitative estimate of drug-likeness (QED) is 0.0554. The third kappa shape index (κ3) is 10.0. The first kappa shape index (κ1) is 40.1. The number of hydrogen-bond acceptors (Lipinski definition) is 11. The van der Waals surface area contributed by atoms with Crippen LogP contribution in [0.15, 0.2) is 72.8 Å². The maximum atomic E-state index is 13.6. The number of amides is 4. The van der Waals surface area contributed by atoms with Gasteiger partial charge in [0.05, 0.1) is 22.3 Å². The summed E-state index contributed by atoms with van der Waals surface area (Å²) in [7, 11) is 0. The van der Waals surface area contributed by atoms with Gasteiger partial charge in [0.2, 0.25) is 0 Å². The van der Waals surface area contributed by atoms with Gasteiger partial charge in [0.25, 0.3) is 23.6 Å². The smallest absolute Gasteiger partial charge is 0.257 e. The Bertz CT molecular complexity index is 1840. The molecule has 0 bridgehead atoms. The first-order valence-corrected chi connectivity index (χ1v) is 17.3. The molecule has 0 heterocycles. The molecule has 0 radical (unpaired) electrons. The average molecular weight is 745 g/mol. The number of nitrogens with one attached hydrogen (secondary N) is 2. The first-order chi connectivity index (χ1) is 25.8. The number of phenolic OH excluding ortho intramolecular Hbond substituents is 7. The van der Waals surface area contributed by atoms with Crippen molar-refractivity contribution < 1.29 is 54.9 Å². The number of rotatable bonds is 17. The van der Waals surface area contributed by atoms with Crippen molar-refractivity contribution in [1.82, 2.24) is 20.4 Å². The van der Waals surface area contributed by atoms with Crippen LogP contribution in [0, 0.1) is 6.92 Å². The van der Waals surface area contributed by atoms with Gasteiger partial charge in [0.1, 0.15) is 5.75 Å². The monoisotopic (exact) mass is 744 g/mol. The van der Waals surface area contributed by atoms with Crippen LogP contribution in [0.5, 0.6) is 40.2 Å². The van der Waals surface area contributed by atoms with Crippen LogP contribution < -0.4 is 10.6 Å². The van der Waals surface area contributed by atoms with Crippen LogP contribution in [0.3, 0.4) is 0 Å². The van der Waals surface area contributed by atoms with E-state index in [-0.39, 0.29) is 73.7 Å². The minimum Gasteiger partial charge on any atom is -0.507 e. The molecule has 286 valence electrons. The highest BCUT2D eigenvalue weighted by molar-refractivity contribution is 5.99. The number of nitrogens with zero attached hydrogens (tertiary/aromatic N) is 2. The number of carbonyl (C=O) groups excluding carboxylic acids is 4. The van der Waals surface area contributed by atoms with Gasteiger partial charge in [-0.1, -0.05) is 30.3 Å². The molecular formula is C39H44N4O11. The number of para-hydroxylation sites is 4. The van der Waals surface area contributed by atoms with Crippen molar-refractivity contribution in [2.24, 2.45) is 0 Å². The summed E-state index contributed by atoms with van der Waals surface area (Å²) in [6.07, 6.45) is 1.27. The number of hydrogen-bond donors (Lipinski definition) is 9. The van der Waals surface area contributed by atoms with Crippen molar-refractivity contribution in [2.45, 2.75) is 32.6 Å². The van der Waals surface area contributed by atoms with E-state index in [1.807, 2.05) is 0 Å². The summed E-state index contributed by atoms with van der Waals surface area (Å²) in [5.74, 6) is -5.54. The Morgan fingerprint density at radius 3 is 1.22 bits per heavy atom. The fourth-order valence-electron chi connectivity index (χ4n) is 5.67. The zero-order valence-electron chi connectivity index (χ0n) is 29.7. The zero-order valence-corrected chi connectivity index (χ0v) is 29.7. The Morgan fingerprint density at radius 2 is 0.796 bits per heavy atom. The van der Waals surface area contributed by atoms with Crippen molar-refractivity contribution in [3.8, 4) is 40.2 Å². The molecule has 9 N–H and O–H groups in total. The molecule has 4 rings (SSSR count). The summed E-state index contributed by atoms with van der Waals surface area (Å²) >= 11 is 0. The Kier molecular flexibility index (Phi) is 13.9. The summed E-state index contributed by atoms with van der Waals surface area (Å²) in [6.45, 7) is 2.45. The highest BCUT2D eigenvalue weighted by atomic mass is 16.3. The minimum absolute atomic E-state index is 0.0828. The van der Waals surface area contributed by atoms with Crippen LogP contribution in [-0.2, 0) is 0 Å². The van der Waals surface area contributed by atoms with Crippen molar-refractivity contribution >= 4 is 23.6 Å². The fourth-order valence-corrected chi connectivity index (χ4v) is 5.67. The van der Waals surface area contributed by atoms with Crippen molar-refractivity contribution in [3.05, 3.63) is 101 Å². The van der Waals surface area contributed by atoms with E-state index in [9.17, 15) is 54.9 Å². The predicted molar refractivity (Wildman–Crippen MR) is 197 cm³/mol. The number of aromatic hydroxyl groups is 7. The molecule has 0 spiro atoms. The van der Waals surface area contributed by atoms with E-state index in [1.165, 1.54) is 70.5 Å². The molecule has 0 aromatic heterocycles. The van der Waals surface area contributed by atoms with Gasteiger partial charge in [-0.25, -0.2) is 0 Å². The lowest BCUT2D eigenvalue weighted by atomic mass is 10.1. The maximum absolute atomic E-state index is 13.6. The molecule has 0 saturated carbocycles. The van der Waals surface area contributed by atoms with Crippen LogP contribution >= 0.6 is 0 Å². The Hall–Kier alpha value is -6.64. The van der Waals surface area contributed by atoms with Crippen LogP contribution in [0.4, 0.5) is 0 Å². The molecule has 54 heavy (non-hydrogen) atoms. The summed E-state index contributed by atoms with van der Waals surface area (Å²) in [6, 6.07) is 16.8. The van der Waals surface area contributed by atoms with Crippen LogP contribution in [0.1, 0.15) is 72.7 Å². The Balaban J connectivity index is 1.40. The van der Waals surface area contributed by atoms with E-state index < -0.39 is 58.1 Å². The van der Waals surface area contributed by atoms with E-state index in [0.29, 0.717) is 24.8 Å². The molecule has 0 aliphatic carbocycles. The highest BCUT2D eigenvalue weighted by Gasteiger charge is 2.23. The van der Waals surface area contributed by atoms with E-state index in [1.54, 1.807) is 19.1 Å². The van der Waals surface area contributed by atoms with Gasteiger partial charge in [-0.2, -0.15) is 0 Å². The number of carbonyl (C=O) groups is 4. The third-order valence-electron chi connectivity index (χ3n) is 8.69. The van der Waals surface area contributed by atoms with Gasteiger partial charge in [-0.3, -0.25) is 19.2 Å². The fraction of sp³-hybridized carbons (Fsp3) is 0.282. The second kappa shape index (κ2) is 18.7. The van der Waals surface area contributed by atoms with Crippen molar-refractivity contribution in [3.63, 3.8) is 0 Å².